The summed E-state index contributed by atoms with van der Waals surface area (Å²) in [6.45, 7) is 8.17. The monoisotopic (exact) mass is 569 g/mol. The molecular weight excluding hydrogens is 496 g/mol. The molecule has 1 aromatic rings. The Kier molecular flexibility index (Phi) is 23.2. The maximum absolute atomic E-state index is 2.65. The number of para-hydroxylation sites is 2. The average molecular weight is 569 g/mol. The van der Waals surface area contributed by atoms with E-state index in [1.165, 1.54) is 204 Å². The largest absolute Gasteiger partial charge is 0.352 e. The van der Waals surface area contributed by atoms with Crippen molar-refractivity contribution >= 4 is 11.4 Å². The number of fused-ring (bicyclic) bond motifs is 1. The van der Waals surface area contributed by atoms with Gasteiger partial charge in [-0.1, -0.05) is 193 Å². The molecule has 2 nitrogen and oxygen atoms in total. The summed E-state index contributed by atoms with van der Waals surface area (Å²) in [7, 11) is 0. The molecular formula is C39H72N2. The third-order valence-corrected chi connectivity index (χ3v) is 9.47. The number of hydrogen-bond donors (Lipinski definition) is 0. The van der Waals surface area contributed by atoms with Gasteiger partial charge in [0.15, 0.2) is 0 Å². The van der Waals surface area contributed by atoms with Crippen LogP contribution >= 0.6 is 0 Å². The van der Waals surface area contributed by atoms with Gasteiger partial charge in [-0.25, -0.2) is 0 Å². The summed E-state index contributed by atoms with van der Waals surface area (Å²) in [6.07, 6.45) is 40.2. The molecule has 0 radical (unpaired) electrons. The molecule has 0 aromatic heterocycles. The van der Waals surface area contributed by atoms with Crippen molar-refractivity contribution < 1.29 is 0 Å². The van der Waals surface area contributed by atoms with Gasteiger partial charge in [0.25, 0.3) is 0 Å². The fourth-order valence-electron chi connectivity index (χ4n) is 6.73. The molecule has 238 valence electrons. The molecule has 0 saturated heterocycles. The second-order valence-corrected chi connectivity index (χ2v) is 13.3. The lowest BCUT2D eigenvalue weighted by atomic mass is 10.0. The third kappa shape index (κ3) is 18.2. The third-order valence-electron chi connectivity index (χ3n) is 9.47. The zero-order chi connectivity index (χ0) is 29.1. The van der Waals surface area contributed by atoms with E-state index in [0.29, 0.717) is 0 Å². The number of nitrogens with zero attached hydrogens (tertiary/aromatic N) is 2. The van der Waals surface area contributed by atoms with Crippen LogP contribution in [0.25, 0.3) is 0 Å². The van der Waals surface area contributed by atoms with Crippen LogP contribution in [-0.4, -0.2) is 19.8 Å². The summed E-state index contributed by atoms with van der Waals surface area (Å²) in [6, 6.07) is 9.16. The Morgan fingerprint density at radius 3 is 0.878 bits per heavy atom. The summed E-state index contributed by atoms with van der Waals surface area (Å²) in [5.74, 6) is 0. The van der Waals surface area contributed by atoms with Crippen molar-refractivity contribution in [1.29, 1.82) is 0 Å². The molecule has 0 bridgehead atoms. The van der Waals surface area contributed by atoms with E-state index in [-0.39, 0.29) is 0 Å². The lowest BCUT2D eigenvalue weighted by molar-refractivity contribution is 0.533. The molecule has 0 aliphatic carbocycles. The number of anilines is 2. The molecule has 0 fully saturated rings. The highest BCUT2D eigenvalue weighted by Gasteiger charge is 2.24. The van der Waals surface area contributed by atoms with Crippen molar-refractivity contribution in [2.75, 3.05) is 29.6 Å². The molecule has 41 heavy (non-hydrogen) atoms. The molecule has 1 aliphatic rings. The number of hydrogen-bond acceptors (Lipinski definition) is 2. The van der Waals surface area contributed by atoms with Crippen LogP contribution in [-0.2, 0) is 0 Å². The van der Waals surface area contributed by atoms with E-state index >= 15 is 0 Å². The first-order chi connectivity index (χ1) is 20.4. The maximum Gasteiger partial charge on any atom is 0.0904 e. The van der Waals surface area contributed by atoms with E-state index in [9.17, 15) is 0 Å². The van der Waals surface area contributed by atoms with Crippen LogP contribution in [0.1, 0.15) is 194 Å². The summed E-state index contributed by atoms with van der Waals surface area (Å²) < 4.78 is 0. The van der Waals surface area contributed by atoms with Gasteiger partial charge in [0.2, 0.25) is 0 Å². The Balaban J connectivity index is 1.43. The Labute approximate surface area is 258 Å². The van der Waals surface area contributed by atoms with Crippen LogP contribution in [0.15, 0.2) is 24.3 Å². The molecule has 2 rings (SSSR count). The van der Waals surface area contributed by atoms with Gasteiger partial charge >= 0.3 is 0 Å². The Hall–Kier alpha value is -1.18. The van der Waals surface area contributed by atoms with Gasteiger partial charge in [0.05, 0.1) is 18.0 Å². The van der Waals surface area contributed by atoms with Crippen molar-refractivity contribution in [2.24, 2.45) is 0 Å². The highest BCUT2D eigenvalue weighted by molar-refractivity contribution is 5.76. The first-order valence-corrected chi connectivity index (χ1v) is 19.0. The van der Waals surface area contributed by atoms with E-state index in [2.05, 4.69) is 47.9 Å². The van der Waals surface area contributed by atoms with Crippen molar-refractivity contribution in [2.45, 2.75) is 194 Å². The van der Waals surface area contributed by atoms with E-state index in [0.717, 1.165) is 6.67 Å². The molecule has 0 amide bonds. The van der Waals surface area contributed by atoms with Gasteiger partial charge in [-0.3, -0.25) is 0 Å². The molecule has 0 atom stereocenters. The highest BCUT2D eigenvalue weighted by atomic mass is 15.4. The fourth-order valence-corrected chi connectivity index (χ4v) is 6.73. The standard InChI is InChI=1S/C39H72N2/c1-3-5-7-9-11-13-15-17-19-21-23-25-27-31-35-40-37-41(39-34-30-29-33-38(39)40)36-32-28-26-24-22-20-18-16-14-12-10-8-6-4-2/h29-30,33-34H,3-28,31-32,35-37H2,1-2H3. The van der Waals surface area contributed by atoms with E-state index in [1.54, 1.807) is 0 Å². The number of rotatable bonds is 30. The molecule has 1 aromatic carbocycles. The van der Waals surface area contributed by atoms with Gasteiger partial charge in [-0.05, 0) is 25.0 Å². The smallest absolute Gasteiger partial charge is 0.0904 e. The summed E-state index contributed by atoms with van der Waals surface area (Å²) in [5.41, 5.74) is 2.96. The van der Waals surface area contributed by atoms with E-state index < -0.39 is 0 Å². The van der Waals surface area contributed by atoms with Crippen molar-refractivity contribution in [1.82, 2.24) is 0 Å². The maximum atomic E-state index is 2.65. The van der Waals surface area contributed by atoms with Gasteiger partial charge in [0.1, 0.15) is 0 Å². The van der Waals surface area contributed by atoms with Crippen molar-refractivity contribution in [3.8, 4) is 0 Å². The van der Waals surface area contributed by atoms with E-state index in [1.807, 2.05) is 0 Å². The fraction of sp³-hybridized carbons (Fsp3) is 0.846. The molecule has 0 spiro atoms. The minimum atomic E-state index is 1.11. The van der Waals surface area contributed by atoms with Gasteiger partial charge in [0, 0.05) is 13.1 Å². The topological polar surface area (TPSA) is 6.48 Å². The normalized spacial score (nSPS) is 12.9. The first kappa shape index (κ1) is 36.0. The zero-order valence-corrected chi connectivity index (χ0v) is 28.1. The molecule has 0 N–H and O–H groups in total. The second-order valence-electron chi connectivity index (χ2n) is 13.3. The van der Waals surface area contributed by atoms with E-state index in [4.69, 9.17) is 0 Å². The quantitative estimate of drug-likeness (QED) is 0.0851. The minimum absolute atomic E-state index is 1.11. The Morgan fingerprint density at radius 2 is 0.610 bits per heavy atom. The lowest BCUT2D eigenvalue weighted by Crippen LogP contribution is -2.32. The first-order valence-electron chi connectivity index (χ1n) is 19.0. The molecule has 0 saturated carbocycles. The predicted molar refractivity (Wildman–Crippen MR) is 187 cm³/mol. The van der Waals surface area contributed by atoms with Crippen molar-refractivity contribution in [3.05, 3.63) is 24.3 Å². The summed E-state index contributed by atoms with van der Waals surface area (Å²) >= 11 is 0. The average Bonchev–Trinajstić information content (AvgIpc) is 3.35. The van der Waals surface area contributed by atoms with Crippen LogP contribution in [0, 0.1) is 0 Å². The number of unbranched alkanes of at least 4 members (excludes halogenated alkanes) is 26. The second kappa shape index (κ2) is 26.4. The van der Waals surface area contributed by atoms with Crippen LogP contribution in [0.2, 0.25) is 0 Å². The minimum Gasteiger partial charge on any atom is -0.352 e. The lowest BCUT2D eigenvalue weighted by Gasteiger charge is -2.22. The Bertz CT molecular complexity index is 629. The number of benzene rings is 1. The zero-order valence-electron chi connectivity index (χ0n) is 28.1. The SMILES string of the molecule is CCCCCCCCCCCCCCCCN1CN(CCCCCCCCCCCCCCCC)c2ccccc21. The van der Waals surface area contributed by atoms with Crippen LogP contribution in [0.4, 0.5) is 11.4 Å². The van der Waals surface area contributed by atoms with Gasteiger partial charge in [-0.2, -0.15) is 0 Å². The Morgan fingerprint density at radius 1 is 0.366 bits per heavy atom. The van der Waals surface area contributed by atoms with Gasteiger partial charge in [-0.15, -0.1) is 0 Å². The molecule has 1 aliphatic heterocycles. The predicted octanol–water partition coefficient (Wildman–Crippen LogP) is 13.2. The van der Waals surface area contributed by atoms with Crippen LogP contribution < -0.4 is 9.80 Å². The molecule has 0 unspecified atom stereocenters. The van der Waals surface area contributed by atoms with Crippen molar-refractivity contribution in [3.63, 3.8) is 0 Å². The summed E-state index contributed by atoms with van der Waals surface area (Å²) in [4.78, 5) is 5.30. The van der Waals surface area contributed by atoms with Gasteiger partial charge < -0.3 is 9.80 Å². The van der Waals surface area contributed by atoms with Crippen LogP contribution in [0.3, 0.4) is 0 Å². The molecule has 1 heterocycles. The highest BCUT2D eigenvalue weighted by Crippen LogP contribution is 2.36. The summed E-state index contributed by atoms with van der Waals surface area (Å²) in [5, 5.41) is 0. The molecule has 2 heteroatoms. The van der Waals surface area contributed by atoms with Crippen LogP contribution in [0.5, 0.6) is 0 Å².